The summed E-state index contributed by atoms with van der Waals surface area (Å²) in [5.41, 5.74) is 5.52. The van der Waals surface area contributed by atoms with Gasteiger partial charge in [-0.15, -0.1) is 0 Å². The zero-order valence-electron chi connectivity index (χ0n) is 10.0. The number of nitrogens with two attached hydrogens (primary N) is 1. The van der Waals surface area contributed by atoms with E-state index >= 15 is 0 Å². The van der Waals surface area contributed by atoms with E-state index in [-0.39, 0.29) is 6.61 Å². The van der Waals surface area contributed by atoms with Gasteiger partial charge in [-0.3, -0.25) is 4.99 Å². The largest absolute Gasteiger partial charge is 0.411 e. The molecule has 0 aliphatic rings. The van der Waals surface area contributed by atoms with Crippen LogP contribution in [0.25, 0.3) is 0 Å². The number of ether oxygens (including phenoxy) is 1. The molecule has 0 radical (unpaired) electrons. The first kappa shape index (κ1) is 16.0. The van der Waals surface area contributed by atoms with Gasteiger partial charge < -0.3 is 15.8 Å². The van der Waals surface area contributed by atoms with E-state index in [4.69, 9.17) is 5.73 Å². The second kappa shape index (κ2) is 9.09. The molecule has 0 saturated carbocycles. The van der Waals surface area contributed by atoms with Crippen LogP contribution in [0.2, 0.25) is 0 Å². The van der Waals surface area contributed by atoms with Crippen LogP contribution in [-0.4, -0.2) is 38.4 Å². The number of guanidine groups is 1. The molecular weight excluding hydrogens is 235 g/mol. The van der Waals surface area contributed by atoms with E-state index in [9.17, 15) is 13.2 Å². The standard InChI is InChI=1S/C10H20F3N3O/c1-2-3-5-15-9(14)16-6-4-7-17-8-10(11,12)13/h2-8H2,1H3,(H3,14,15,16). The molecule has 102 valence electrons. The maximum absolute atomic E-state index is 11.7. The Morgan fingerprint density at radius 3 is 2.65 bits per heavy atom. The summed E-state index contributed by atoms with van der Waals surface area (Å²) in [5, 5.41) is 2.91. The Labute approximate surface area is 99.4 Å². The predicted molar refractivity (Wildman–Crippen MR) is 60.9 cm³/mol. The number of aliphatic imine (C=N–C) groups is 1. The average molecular weight is 255 g/mol. The molecule has 0 unspecified atom stereocenters. The highest BCUT2D eigenvalue weighted by molar-refractivity contribution is 5.77. The van der Waals surface area contributed by atoms with E-state index in [0.29, 0.717) is 18.9 Å². The smallest absolute Gasteiger partial charge is 0.372 e. The van der Waals surface area contributed by atoms with E-state index in [2.05, 4.69) is 22.0 Å². The Kier molecular flexibility index (Phi) is 8.57. The second-order valence-electron chi connectivity index (χ2n) is 3.57. The van der Waals surface area contributed by atoms with Crippen LogP contribution in [-0.2, 0) is 4.74 Å². The Balaban J connectivity index is 3.40. The Bertz CT molecular complexity index is 219. The first-order chi connectivity index (χ1) is 7.95. The van der Waals surface area contributed by atoms with Gasteiger partial charge in [0.05, 0.1) is 0 Å². The third kappa shape index (κ3) is 13.0. The molecule has 4 nitrogen and oxygen atoms in total. The molecule has 0 aromatic heterocycles. The molecule has 0 aromatic rings. The van der Waals surface area contributed by atoms with Gasteiger partial charge in [-0.2, -0.15) is 13.2 Å². The summed E-state index contributed by atoms with van der Waals surface area (Å²) in [4.78, 5) is 3.95. The van der Waals surface area contributed by atoms with Crippen molar-refractivity contribution in [2.75, 3.05) is 26.3 Å². The normalized spacial score (nSPS) is 12.8. The minimum Gasteiger partial charge on any atom is -0.372 e. The van der Waals surface area contributed by atoms with Crippen LogP contribution in [0.5, 0.6) is 0 Å². The quantitative estimate of drug-likeness (QED) is 0.394. The lowest BCUT2D eigenvalue weighted by Crippen LogP contribution is -2.32. The summed E-state index contributed by atoms with van der Waals surface area (Å²) in [6.07, 6.45) is -1.77. The summed E-state index contributed by atoms with van der Waals surface area (Å²) in [6.45, 7) is 2.01. The van der Waals surface area contributed by atoms with Crippen LogP contribution >= 0.6 is 0 Å². The lowest BCUT2D eigenvalue weighted by atomic mass is 10.3. The summed E-state index contributed by atoms with van der Waals surface area (Å²) < 4.78 is 39.5. The van der Waals surface area contributed by atoms with E-state index in [1.807, 2.05) is 0 Å². The van der Waals surface area contributed by atoms with E-state index in [0.717, 1.165) is 19.4 Å². The molecule has 0 rings (SSSR count). The molecule has 7 heteroatoms. The molecule has 0 heterocycles. The number of rotatable bonds is 8. The Morgan fingerprint density at radius 1 is 1.35 bits per heavy atom. The van der Waals surface area contributed by atoms with Crippen LogP contribution in [0, 0.1) is 0 Å². The van der Waals surface area contributed by atoms with Crippen molar-refractivity contribution >= 4 is 5.96 Å². The molecule has 0 aromatic carbocycles. The summed E-state index contributed by atoms with van der Waals surface area (Å²) in [6, 6.07) is 0. The molecule has 17 heavy (non-hydrogen) atoms. The summed E-state index contributed by atoms with van der Waals surface area (Å²) in [7, 11) is 0. The van der Waals surface area contributed by atoms with Gasteiger partial charge >= 0.3 is 6.18 Å². The molecule has 0 amide bonds. The maximum atomic E-state index is 11.7. The Hall–Kier alpha value is -0.980. The topological polar surface area (TPSA) is 59.6 Å². The summed E-state index contributed by atoms with van der Waals surface area (Å²) >= 11 is 0. The molecular formula is C10H20F3N3O. The fourth-order valence-electron chi connectivity index (χ4n) is 1.00. The highest BCUT2D eigenvalue weighted by Crippen LogP contribution is 2.14. The van der Waals surface area contributed by atoms with Gasteiger partial charge in [0.25, 0.3) is 0 Å². The maximum Gasteiger partial charge on any atom is 0.411 e. The lowest BCUT2D eigenvalue weighted by molar-refractivity contribution is -0.173. The highest BCUT2D eigenvalue weighted by Gasteiger charge is 2.27. The van der Waals surface area contributed by atoms with Crippen molar-refractivity contribution in [3.05, 3.63) is 0 Å². The fraction of sp³-hybridized carbons (Fsp3) is 0.900. The van der Waals surface area contributed by atoms with Crippen molar-refractivity contribution in [1.82, 2.24) is 5.32 Å². The molecule has 0 bridgehead atoms. The molecule has 3 N–H and O–H groups in total. The zero-order chi connectivity index (χ0) is 13.1. The minimum absolute atomic E-state index is 0.0330. The van der Waals surface area contributed by atoms with E-state index in [1.165, 1.54) is 0 Å². The highest BCUT2D eigenvalue weighted by atomic mass is 19.4. The van der Waals surface area contributed by atoms with Crippen LogP contribution in [0.15, 0.2) is 4.99 Å². The minimum atomic E-state index is -4.26. The lowest BCUT2D eigenvalue weighted by Gasteiger charge is -2.07. The monoisotopic (exact) mass is 255 g/mol. The van der Waals surface area contributed by atoms with Crippen molar-refractivity contribution in [2.45, 2.75) is 32.4 Å². The van der Waals surface area contributed by atoms with Crippen molar-refractivity contribution in [3.8, 4) is 0 Å². The van der Waals surface area contributed by atoms with Crippen LogP contribution in [0.3, 0.4) is 0 Å². The molecule has 0 fully saturated rings. The molecule has 0 atom stereocenters. The number of unbranched alkanes of at least 4 members (excludes halogenated alkanes) is 1. The van der Waals surface area contributed by atoms with Gasteiger partial charge in [0, 0.05) is 19.7 Å². The van der Waals surface area contributed by atoms with Crippen molar-refractivity contribution in [2.24, 2.45) is 10.7 Å². The average Bonchev–Trinajstić information content (AvgIpc) is 2.22. The van der Waals surface area contributed by atoms with Crippen molar-refractivity contribution in [1.29, 1.82) is 0 Å². The fourth-order valence-corrected chi connectivity index (χ4v) is 1.00. The van der Waals surface area contributed by atoms with Gasteiger partial charge in [-0.1, -0.05) is 13.3 Å². The summed E-state index contributed by atoms with van der Waals surface area (Å²) in [5.74, 6) is 0.328. The number of halogens is 3. The third-order valence-corrected chi connectivity index (χ3v) is 1.83. The second-order valence-corrected chi connectivity index (χ2v) is 3.57. The number of alkyl halides is 3. The van der Waals surface area contributed by atoms with E-state index < -0.39 is 12.8 Å². The van der Waals surface area contributed by atoms with Crippen molar-refractivity contribution in [3.63, 3.8) is 0 Å². The van der Waals surface area contributed by atoms with E-state index in [1.54, 1.807) is 0 Å². The number of hydrogen-bond acceptors (Lipinski definition) is 2. The van der Waals surface area contributed by atoms with Gasteiger partial charge in [0.2, 0.25) is 0 Å². The molecule has 0 aliphatic carbocycles. The third-order valence-electron chi connectivity index (χ3n) is 1.83. The first-order valence-corrected chi connectivity index (χ1v) is 5.64. The van der Waals surface area contributed by atoms with Gasteiger partial charge in [-0.25, -0.2) is 0 Å². The number of hydrogen-bond donors (Lipinski definition) is 2. The zero-order valence-corrected chi connectivity index (χ0v) is 10.0. The van der Waals surface area contributed by atoms with Gasteiger partial charge in [-0.05, 0) is 12.8 Å². The SMILES string of the molecule is CCCCNC(N)=NCCCOCC(F)(F)F. The molecule has 0 aliphatic heterocycles. The van der Waals surface area contributed by atoms with Crippen LogP contribution < -0.4 is 11.1 Å². The van der Waals surface area contributed by atoms with Crippen molar-refractivity contribution < 1.29 is 17.9 Å². The van der Waals surface area contributed by atoms with Gasteiger partial charge in [0.15, 0.2) is 5.96 Å². The Morgan fingerprint density at radius 2 is 2.06 bits per heavy atom. The van der Waals surface area contributed by atoms with Crippen LogP contribution in [0.4, 0.5) is 13.2 Å². The van der Waals surface area contributed by atoms with Gasteiger partial charge in [0.1, 0.15) is 6.61 Å². The molecule has 0 spiro atoms. The molecule has 0 saturated heterocycles. The first-order valence-electron chi connectivity index (χ1n) is 5.64. The number of nitrogens with one attached hydrogen (secondary N) is 1. The van der Waals surface area contributed by atoms with Crippen LogP contribution in [0.1, 0.15) is 26.2 Å². The number of nitrogens with zero attached hydrogens (tertiary/aromatic N) is 1. The predicted octanol–water partition coefficient (Wildman–Crippen LogP) is 1.66.